The van der Waals surface area contributed by atoms with E-state index in [0.29, 0.717) is 23.6 Å². The molecule has 0 amide bonds. The summed E-state index contributed by atoms with van der Waals surface area (Å²) in [5, 5.41) is 0. The van der Waals surface area contributed by atoms with Gasteiger partial charge in [0.1, 0.15) is 5.75 Å². The van der Waals surface area contributed by atoms with E-state index >= 15 is 0 Å². The molecule has 0 radical (unpaired) electrons. The molecule has 0 aromatic heterocycles. The molecule has 0 aliphatic carbocycles. The summed E-state index contributed by atoms with van der Waals surface area (Å²) in [6, 6.07) is 10.9. The van der Waals surface area contributed by atoms with E-state index in [-0.39, 0.29) is 17.1 Å². The van der Waals surface area contributed by atoms with Crippen LogP contribution in [-0.2, 0) is 14.8 Å². The predicted octanol–water partition coefficient (Wildman–Crippen LogP) is 3.37. The van der Waals surface area contributed by atoms with Gasteiger partial charge in [0.05, 0.1) is 29.4 Å². The van der Waals surface area contributed by atoms with E-state index in [4.69, 9.17) is 9.47 Å². The van der Waals surface area contributed by atoms with Crippen molar-refractivity contribution in [1.82, 2.24) is 0 Å². The van der Waals surface area contributed by atoms with Gasteiger partial charge in [-0.25, -0.2) is 13.2 Å². The van der Waals surface area contributed by atoms with Gasteiger partial charge in [0, 0.05) is 0 Å². The zero-order valence-corrected chi connectivity index (χ0v) is 15.2. The van der Waals surface area contributed by atoms with Gasteiger partial charge in [-0.05, 0) is 62.7 Å². The fourth-order valence-electron chi connectivity index (χ4n) is 2.16. The smallest absolute Gasteiger partial charge is 0.338 e. The molecular weight excluding hydrogens is 342 g/mol. The van der Waals surface area contributed by atoms with E-state index in [1.54, 1.807) is 38.1 Å². The second kappa shape index (κ2) is 8.02. The van der Waals surface area contributed by atoms with E-state index in [0.717, 1.165) is 0 Å². The molecule has 0 saturated carbocycles. The van der Waals surface area contributed by atoms with E-state index in [9.17, 15) is 13.2 Å². The van der Waals surface area contributed by atoms with E-state index in [1.165, 1.54) is 18.2 Å². The number of aryl methyl sites for hydroxylation is 1. The van der Waals surface area contributed by atoms with Crippen molar-refractivity contribution in [2.45, 2.75) is 25.7 Å². The summed E-state index contributed by atoms with van der Waals surface area (Å²) in [5.41, 5.74) is 1.32. The molecule has 1 N–H and O–H groups in total. The average Bonchev–Trinajstić information content (AvgIpc) is 2.57. The second-order valence-corrected chi connectivity index (χ2v) is 6.94. The molecular formula is C18H21NO5S. The van der Waals surface area contributed by atoms with E-state index in [1.807, 2.05) is 6.92 Å². The van der Waals surface area contributed by atoms with Gasteiger partial charge < -0.3 is 9.47 Å². The molecule has 0 spiro atoms. The SMILES string of the molecule is CCOC(=O)c1ccc(C)c(NS(=O)(=O)c2ccc(OCC)cc2)c1. The van der Waals surface area contributed by atoms with Crippen molar-refractivity contribution in [3.63, 3.8) is 0 Å². The second-order valence-electron chi connectivity index (χ2n) is 5.26. The lowest BCUT2D eigenvalue weighted by atomic mass is 10.1. The number of sulfonamides is 1. The first kappa shape index (κ1) is 18.8. The monoisotopic (exact) mass is 363 g/mol. The zero-order valence-electron chi connectivity index (χ0n) is 14.4. The molecule has 0 atom stereocenters. The average molecular weight is 363 g/mol. The van der Waals surface area contributed by atoms with Crippen molar-refractivity contribution < 1.29 is 22.7 Å². The number of carbonyl (C=O) groups is 1. The minimum Gasteiger partial charge on any atom is -0.494 e. The fourth-order valence-corrected chi connectivity index (χ4v) is 3.28. The number of benzene rings is 2. The summed E-state index contributed by atoms with van der Waals surface area (Å²) in [6.45, 7) is 6.07. The van der Waals surface area contributed by atoms with Crippen LogP contribution in [0.15, 0.2) is 47.4 Å². The number of carbonyl (C=O) groups excluding carboxylic acids is 1. The summed E-state index contributed by atoms with van der Waals surface area (Å²) in [6.07, 6.45) is 0. The largest absolute Gasteiger partial charge is 0.494 e. The van der Waals surface area contributed by atoms with Crippen LogP contribution >= 0.6 is 0 Å². The Kier molecular flexibility index (Phi) is 6.03. The Hall–Kier alpha value is -2.54. The van der Waals surface area contributed by atoms with Gasteiger partial charge in [-0.1, -0.05) is 6.07 Å². The molecule has 0 aliphatic rings. The summed E-state index contributed by atoms with van der Waals surface area (Å²) in [4.78, 5) is 11.9. The molecule has 0 bridgehead atoms. The third-order valence-electron chi connectivity index (χ3n) is 3.44. The summed E-state index contributed by atoms with van der Waals surface area (Å²) >= 11 is 0. The zero-order chi connectivity index (χ0) is 18.4. The van der Waals surface area contributed by atoms with Crippen LogP contribution in [0.5, 0.6) is 5.75 Å². The lowest BCUT2D eigenvalue weighted by Crippen LogP contribution is -2.14. The normalized spacial score (nSPS) is 11.0. The maximum Gasteiger partial charge on any atom is 0.338 e. The van der Waals surface area contributed by atoms with Crippen molar-refractivity contribution in [2.75, 3.05) is 17.9 Å². The Labute approximate surface area is 147 Å². The van der Waals surface area contributed by atoms with Crippen molar-refractivity contribution >= 4 is 21.7 Å². The van der Waals surface area contributed by atoms with Crippen LogP contribution in [0.4, 0.5) is 5.69 Å². The minimum atomic E-state index is -3.78. The fraction of sp³-hybridized carbons (Fsp3) is 0.278. The Bertz CT molecular complexity index is 844. The predicted molar refractivity (Wildman–Crippen MR) is 95.6 cm³/mol. The standard InChI is InChI=1S/C18H21NO5S/c1-4-23-15-8-10-16(11-9-15)25(21,22)19-17-12-14(7-6-13(17)3)18(20)24-5-2/h6-12,19H,4-5H2,1-3H3. The molecule has 0 heterocycles. The first-order chi connectivity index (χ1) is 11.9. The van der Waals surface area contributed by atoms with Gasteiger partial charge in [-0.2, -0.15) is 0 Å². The molecule has 134 valence electrons. The van der Waals surface area contributed by atoms with Gasteiger partial charge in [0.15, 0.2) is 0 Å². The Balaban J connectivity index is 2.27. The molecule has 6 nitrogen and oxygen atoms in total. The molecule has 7 heteroatoms. The Morgan fingerprint density at radius 3 is 2.32 bits per heavy atom. The molecule has 25 heavy (non-hydrogen) atoms. The van der Waals surface area contributed by atoms with Crippen LogP contribution in [0.3, 0.4) is 0 Å². The van der Waals surface area contributed by atoms with Gasteiger partial charge >= 0.3 is 5.97 Å². The van der Waals surface area contributed by atoms with Crippen LogP contribution in [0, 0.1) is 6.92 Å². The Morgan fingerprint density at radius 1 is 1.04 bits per heavy atom. The number of esters is 1. The third-order valence-corrected chi connectivity index (χ3v) is 4.82. The number of rotatable bonds is 7. The number of anilines is 1. The maximum atomic E-state index is 12.6. The van der Waals surface area contributed by atoms with Gasteiger partial charge in [0.25, 0.3) is 10.0 Å². The Morgan fingerprint density at radius 2 is 1.72 bits per heavy atom. The highest BCUT2D eigenvalue weighted by molar-refractivity contribution is 7.92. The van der Waals surface area contributed by atoms with Crippen molar-refractivity contribution in [3.8, 4) is 5.75 Å². The third kappa shape index (κ3) is 4.73. The van der Waals surface area contributed by atoms with Crippen molar-refractivity contribution in [1.29, 1.82) is 0 Å². The molecule has 0 saturated heterocycles. The lowest BCUT2D eigenvalue weighted by molar-refractivity contribution is 0.0526. The molecule has 2 aromatic rings. The number of hydrogen-bond acceptors (Lipinski definition) is 5. The van der Waals surface area contributed by atoms with Gasteiger partial charge in [0.2, 0.25) is 0 Å². The van der Waals surface area contributed by atoms with Crippen LogP contribution in [0.2, 0.25) is 0 Å². The molecule has 0 unspecified atom stereocenters. The summed E-state index contributed by atoms with van der Waals surface area (Å²) in [7, 11) is -3.78. The number of ether oxygens (including phenoxy) is 2. The van der Waals surface area contributed by atoms with E-state index in [2.05, 4.69) is 4.72 Å². The topological polar surface area (TPSA) is 81.7 Å². The number of hydrogen-bond donors (Lipinski definition) is 1. The highest BCUT2D eigenvalue weighted by atomic mass is 32.2. The highest BCUT2D eigenvalue weighted by Gasteiger charge is 2.17. The summed E-state index contributed by atoms with van der Waals surface area (Å²) in [5.74, 6) is 0.103. The lowest BCUT2D eigenvalue weighted by Gasteiger charge is -2.12. The minimum absolute atomic E-state index is 0.108. The molecule has 0 fully saturated rings. The molecule has 2 rings (SSSR count). The highest BCUT2D eigenvalue weighted by Crippen LogP contribution is 2.23. The quantitative estimate of drug-likeness (QED) is 0.763. The van der Waals surface area contributed by atoms with Crippen LogP contribution in [0.25, 0.3) is 0 Å². The van der Waals surface area contributed by atoms with Crippen molar-refractivity contribution in [2.24, 2.45) is 0 Å². The first-order valence-corrected chi connectivity index (χ1v) is 9.39. The number of nitrogens with one attached hydrogen (secondary N) is 1. The van der Waals surface area contributed by atoms with E-state index < -0.39 is 16.0 Å². The van der Waals surface area contributed by atoms with Crippen LogP contribution < -0.4 is 9.46 Å². The summed E-state index contributed by atoms with van der Waals surface area (Å²) < 4.78 is 37.9. The molecule has 0 aliphatic heterocycles. The van der Waals surface area contributed by atoms with Gasteiger partial charge in [-0.15, -0.1) is 0 Å². The maximum absolute atomic E-state index is 12.6. The van der Waals surface area contributed by atoms with Crippen molar-refractivity contribution in [3.05, 3.63) is 53.6 Å². The van der Waals surface area contributed by atoms with Gasteiger partial charge in [-0.3, -0.25) is 4.72 Å². The first-order valence-electron chi connectivity index (χ1n) is 7.90. The molecule has 2 aromatic carbocycles. The van der Waals surface area contributed by atoms with Crippen LogP contribution in [0.1, 0.15) is 29.8 Å². The van der Waals surface area contributed by atoms with Crippen LogP contribution in [-0.4, -0.2) is 27.6 Å².